The molecule has 0 fully saturated rings. The van der Waals surface area contributed by atoms with Gasteiger partial charge in [-0.15, -0.1) is 0 Å². The number of aryl methyl sites for hydroxylation is 2. The van der Waals surface area contributed by atoms with E-state index in [-0.39, 0.29) is 0 Å². The monoisotopic (exact) mass is 380 g/mol. The molecule has 0 amide bonds. The van der Waals surface area contributed by atoms with Crippen LogP contribution in [0.4, 0.5) is 0 Å². The highest BCUT2D eigenvalue weighted by Crippen LogP contribution is 2.23. The van der Waals surface area contributed by atoms with E-state index < -0.39 is 0 Å². The summed E-state index contributed by atoms with van der Waals surface area (Å²) in [5.41, 5.74) is 4.54. The molecule has 1 aromatic heterocycles. The van der Waals surface area contributed by atoms with Crippen molar-refractivity contribution in [2.24, 2.45) is 4.99 Å². The minimum atomic E-state index is 0.624. The predicted molar refractivity (Wildman–Crippen MR) is 114 cm³/mol. The van der Waals surface area contributed by atoms with Crippen LogP contribution < -0.4 is 0 Å². The summed E-state index contributed by atoms with van der Waals surface area (Å²) in [5, 5.41) is 15.8. The van der Waals surface area contributed by atoms with E-state index >= 15 is 0 Å². The van der Waals surface area contributed by atoms with Crippen molar-refractivity contribution in [1.29, 1.82) is 5.26 Å². The molecule has 0 saturated carbocycles. The molecule has 5 heteroatoms. The number of nitriles is 1. The molecule has 27 heavy (non-hydrogen) atoms. The Morgan fingerprint density at radius 2 is 2.00 bits per heavy atom. The van der Waals surface area contributed by atoms with Gasteiger partial charge >= 0.3 is 0 Å². The predicted octanol–water partition coefficient (Wildman–Crippen LogP) is 5.66. The highest BCUT2D eigenvalue weighted by atomic mass is 35.5. The quantitative estimate of drug-likeness (QED) is 0.536. The maximum atomic E-state index is 9.61. The smallest absolute Gasteiger partial charge is 0.101 e. The Balaban J connectivity index is 0.00000126. The second-order valence-electron chi connectivity index (χ2n) is 5.81. The molecule has 4 nitrogen and oxygen atoms in total. The fraction of sp³-hybridized carbons (Fsp3) is 0.318. The van der Waals surface area contributed by atoms with Gasteiger partial charge in [0.2, 0.25) is 0 Å². The second-order valence-corrected chi connectivity index (χ2v) is 6.21. The van der Waals surface area contributed by atoms with E-state index in [0.29, 0.717) is 12.1 Å². The van der Waals surface area contributed by atoms with Gasteiger partial charge in [0.25, 0.3) is 0 Å². The lowest BCUT2D eigenvalue weighted by atomic mass is 10.0. The molecule has 3 rings (SSSR count). The standard InChI is InChI=1S/C20H19ClN4.C2H6/c1-3-19(23-2)15-10-16(12-22)20-17(11-15)13-24-25(20)9-8-14-6-4-5-7-18(14)21;1-2/h4-7,10-11,13H,3,8-9H2,1-2H3;1-2H3. The number of nitrogens with zero attached hydrogens (tertiary/aromatic N) is 4. The van der Waals surface area contributed by atoms with Gasteiger partial charge in [-0.1, -0.05) is 50.6 Å². The van der Waals surface area contributed by atoms with E-state index in [4.69, 9.17) is 11.6 Å². The molecule has 3 aromatic rings. The largest absolute Gasteiger partial charge is 0.292 e. The number of rotatable bonds is 5. The number of halogens is 1. The number of hydrogen-bond donors (Lipinski definition) is 0. The highest BCUT2D eigenvalue weighted by molar-refractivity contribution is 6.31. The molecule has 0 unspecified atom stereocenters. The molecule has 140 valence electrons. The molecular formula is C22H25ClN4. The van der Waals surface area contributed by atoms with Gasteiger partial charge in [0.15, 0.2) is 0 Å². The van der Waals surface area contributed by atoms with Crippen LogP contribution in [-0.2, 0) is 13.0 Å². The molecule has 2 aromatic carbocycles. The molecule has 0 aliphatic rings. The van der Waals surface area contributed by atoms with Gasteiger partial charge < -0.3 is 0 Å². The number of aliphatic imine (C=N–C) groups is 1. The Kier molecular flexibility index (Phi) is 7.57. The van der Waals surface area contributed by atoms with Crippen molar-refractivity contribution in [3.05, 3.63) is 64.3 Å². The summed E-state index contributed by atoms with van der Waals surface area (Å²) in [5.74, 6) is 0. The fourth-order valence-electron chi connectivity index (χ4n) is 3.07. The van der Waals surface area contributed by atoms with Gasteiger partial charge in [0.05, 0.1) is 17.3 Å². The lowest BCUT2D eigenvalue weighted by molar-refractivity contribution is 0.635. The number of fused-ring (bicyclic) bond motifs is 1. The molecular weight excluding hydrogens is 356 g/mol. The molecule has 0 bridgehead atoms. The zero-order chi connectivity index (χ0) is 19.8. The third kappa shape index (κ3) is 4.56. The first-order chi connectivity index (χ1) is 13.2. The Hall–Kier alpha value is -2.64. The highest BCUT2D eigenvalue weighted by Gasteiger charge is 2.12. The number of aromatic nitrogens is 2. The molecule has 0 aliphatic heterocycles. The summed E-state index contributed by atoms with van der Waals surface area (Å²) < 4.78 is 1.88. The van der Waals surface area contributed by atoms with Crippen molar-refractivity contribution in [1.82, 2.24) is 9.78 Å². The summed E-state index contributed by atoms with van der Waals surface area (Å²) in [6.45, 7) is 6.73. The average Bonchev–Trinajstić information content (AvgIpc) is 3.12. The molecule has 0 radical (unpaired) electrons. The Labute approximate surface area is 166 Å². The van der Waals surface area contributed by atoms with Gasteiger partial charge in [-0.25, -0.2) is 0 Å². The number of hydrogen-bond acceptors (Lipinski definition) is 3. The van der Waals surface area contributed by atoms with E-state index in [0.717, 1.165) is 45.6 Å². The van der Waals surface area contributed by atoms with Crippen LogP contribution in [0.1, 0.15) is 43.9 Å². The van der Waals surface area contributed by atoms with Crippen LogP contribution in [0.25, 0.3) is 10.9 Å². The second kappa shape index (κ2) is 9.89. The lowest BCUT2D eigenvalue weighted by Crippen LogP contribution is -2.05. The first-order valence-corrected chi connectivity index (χ1v) is 9.64. The molecule has 0 saturated heterocycles. The van der Waals surface area contributed by atoms with Crippen LogP contribution in [-0.4, -0.2) is 22.5 Å². The van der Waals surface area contributed by atoms with Crippen molar-refractivity contribution < 1.29 is 0 Å². The summed E-state index contributed by atoms with van der Waals surface area (Å²) >= 11 is 6.23. The lowest BCUT2D eigenvalue weighted by Gasteiger charge is -2.09. The fourth-order valence-corrected chi connectivity index (χ4v) is 3.30. The molecule has 1 heterocycles. The van der Waals surface area contributed by atoms with Gasteiger partial charge in [-0.05, 0) is 42.2 Å². The third-order valence-corrected chi connectivity index (χ3v) is 4.71. The average molecular weight is 381 g/mol. The molecule has 0 N–H and O–H groups in total. The van der Waals surface area contributed by atoms with E-state index in [9.17, 15) is 5.26 Å². The first kappa shape index (κ1) is 20.7. The van der Waals surface area contributed by atoms with Crippen LogP contribution >= 0.6 is 11.6 Å². The van der Waals surface area contributed by atoms with Crippen molar-refractivity contribution >= 4 is 28.2 Å². The minimum Gasteiger partial charge on any atom is -0.292 e. The van der Waals surface area contributed by atoms with E-state index in [1.54, 1.807) is 7.05 Å². The van der Waals surface area contributed by atoms with Crippen molar-refractivity contribution in [3.8, 4) is 6.07 Å². The van der Waals surface area contributed by atoms with Crippen LogP contribution in [0.3, 0.4) is 0 Å². The topological polar surface area (TPSA) is 54.0 Å². The Morgan fingerprint density at radius 1 is 1.26 bits per heavy atom. The van der Waals surface area contributed by atoms with Crippen molar-refractivity contribution in [3.63, 3.8) is 0 Å². The van der Waals surface area contributed by atoms with Crippen molar-refractivity contribution in [2.75, 3.05) is 7.05 Å². The summed E-state index contributed by atoms with van der Waals surface area (Å²) in [6, 6.07) is 14.1. The zero-order valence-electron chi connectivity index (χ0n) is 16.3. The van der Waals surface area contributed by atoms with E-state index in [2.05, 4.69) is 29.2 Å². The summed E-state index contributed by atoms with van der Waals surface area (Å²) in [7, 11) is 1.78. The Bertz CT molecular complexity index is 980. The maximum absolute atomic E-state index is 9.61. The summed E-state index contributed by atoms with van der Waals surface area (Å²) in [4.78, 5) is 4.32. The van der Waals surface area contributed by atoms with Gasteiger partial charge in [0, 0.05) is 29.7 Å². The van der Waals surface area contributed by atoms with Gasteiger partial charge in [-0.2, -0.15) is 10.4 Å². The molecule has 0 atom stereocenters. The van der Waals surface area contributed by atoms with Crippen LogP contribution in [0, 0.1) is 11.3 Å². The van der Waals surface area contributed by atoms with Crippen LogP contribution in [0.5, 0.6) is 0 Å². The SMILES string of the molecule is CC.CCC(=NC)c1cc(C#N)c2c(cnn2CCc2ccccc2Cl)c1. The molecule has 0 spiro atoms. The van der Waals surface area contributed by atoms with E-state index in [1.807, 2.05) is 55.1 Å². The normalized spacial score (nSPS) is 11.0. The number of benzene rings is 2. The van der Waals surface area contributed by atoms with Gasteiger partial charge in [-0.3, -0.25) is 9.67 Å². The zero-order valence-corrected chi connectivity index (χ0v) is 17.1. The van der Waals surface area contributed by atoms with Crippen molar-refractivity contribution in [2.45, 2.75) is 40.2 Å². The van der Waals surface area contributed by atoms with Gasteiger partial charge in [0.1, 0.15) is 6.07 Å². The minimum absolute atomic E-state index is 0.624. The van der Waals surface area contributed by atoms with Crippen LogP contribution in [0.2, 0.25) is 5.02 Å². The maximum Gasteiger partial charge on any atom is 0.101 e. The van der Waals surface area contributed by atoms with Crippen LogP contribution in [0.15, 0.2) is 47.6 Å². The van der Waals surface area contributed by atoms with E-state index in [1.165, 1.54) is 0 Å². The molecule has 0 aliphatic carbocycles. The third-order valence-electron chi connectivity index (χ3n) is 4.34. The Morgan fingerprint density at radius 3 is 2.63 bits per heavy atom. The summed E-state index contributed by atoms with van der Waals surface area (Å²) in [6.07, 6.45) is 3.41. The first-order valence-electron chi connectivity index (χ1n) is 9.27.